The standard InChI is InChI=1S/C22H18ClN5O3S/c23-14-5-3-4-13(10-14)17-7-6-15(31-17)11-16-20(24)28-22(25-21(16)30)32-18(26-28)12-19(29)27-8-1-2-9-27/h3-7,10-12,24,26H,1-2,8-9H2/b16-11-,18-12+,24-20?. The van der Waals surface area contributed by atoms with Crippen LogP contribution in [0.2, 0.25) is 5.02 Å². The zero-order chi connectivity index (χ0) is 22.2. The lowest BCUT2D eigenvalue weighted by molar-refractivity contribution is -0.123. The van der Waals surface area contributed by atoms with Crippen molar-refractivity contribution in [2.45, 2.75) is 12.8 Å². The lowest BCUT2D eigenvalue weighted by atomic mass is 10.2. The van der Waals surface area contributed by atoms with E-state index in [2.05, 4.69) is 10.1 Å². The number of amides is 1. The van der Waals surface area contributed by atoms with E-state index in [1.807, 2.05) is 12.1 Å². The number of fused-ring (bicyclic) bond motifs is 1. The Balaban J connectivity index is 1.55. The summed E-state index contributed by atoms with van der Waals surface area (Å²) in [5.41, 5.74) is 0.205. The van der Waals surface area contributed by atoms with Gasteiger partial charge in [-0.3, -0.25) is 20.1 Å². The van der Waals surface area contributed by atoms with Crippen molar-refractivity contribution in [1.29, 1.82) is 5.41 Å². The zero-order valence-corrected chi connectivity index (χ0v) is 18.4. The molecule has 3 aliphatic heterocycles. The maximum atomic E-state index is 12.6. The molecule has 1 saturated heterocycles. The van der Waals surface area contributed by atoms with Crippen LogP contribution in [0.4, 0.5) is 0 Å². The molecule has 1 amide bonds. The van der Waals surface area contributed by atoms with Crippen molar-refractivity contribution < 1.29 is 9.21 Å². The van der Waals surface area contributed by atoms with E-state index in [0.717, 1.165) is 42.8 Å². The molecule has 0 saturated carbocycles. The molecule has 2 aromatic rings. The summed E-state index contributed by atoms with van der Waals surface area (Å²) in [5.74, 6) is 0.924. The summed E-state index contributed by atoms with van der Waals surface area (Å²) in [6, 6.07) is 10.7. The van der Waals surface area contributed by atoms with Crippen molar-refractivity contribution in [3.05, 3.63) is 72.9 Å². The number of nitrogens with one attached hydrogen (secondary N) is 2. The molecule has 3 aliphatic rings. The molecule has 0 bridgehead atoms. The van der Waals surface area contributed by atoms with Crippen LogP contribution >= 0.6 is 22.9 Å². The fourth-order valence-corrected chi connectivity index (χ4v) is 4.66. The first-order valence-corrected chi connectivity index (χ1v) is 11.2. The number of carbonyl (C=O) groups excluding carboxylic acids is 1. The highest BCUT2D eigenvalue weighted by Gasteiger charge is 2.17. The van der Waals surface area contributed by atoms with Crippen molar-refractivity contribution in [3.8, 4) is 16.5 Å². The quantitative estimate of drug-likeness (QED) is 0.478. The average molecular weight is 468 g/mol. The first-order valence-electron chi connectivity index (χ1n) is 10.0. The van der Waals surface area contributed by atoms with Crippen molar-refractivity contribution in [2.75, 3.05) is 13.1 Å². The Morgan fingerprint density at radius 2 is 2.06 bits per heavy atom. The Morgan fingerprint density at radius 1 is 1.25 bits per heavy atom. The minimum absolute atomic E-state index is 0.0646. The number of aromatic nitrogens is 3. The Kier molecular flexibility index (Phi) is 5.28. The second-order valence-electron chi connectivity index (χ2n) is 7.41. The maximum Gasteiger partial charge on any atom is 0.283 e. The van der Waals surface area contributed by atoms with Gasteiger partial charge in [-0.15, -0.1) is 0 Å². The van der Waals surface area contributed by atoms with E-state index in [0.29, 0.717) is 26.3 Å². The molecule has 5 rings (SSSR count). The highest BCUT2D eigenvalue weighted by atomic mass is 35.5. The normalized spacial score (nSPS) is 15.2. The van der Waals surface area contributed by atoms with E-state index in [-0.39, 0.29) is 16.6 Å². The maximum absolute atomic E-state index is 12.6. The molecule has 1 fully saturated rings. The van der Waals surface area contributed by atoms with Gasteiger partial charge >= 0.3 is 0 Å². The summed E-state index contributed by atoms with van der Waals surface area (Å²) >= 11 is 7.20. The molecule has 10 heteroatoms. The first-order chi connectivity index (χ1) is 15.5. The molecule has 1 aromatic carbocycles. The fourth-order valence-electron chi connectivity index (χ4n) is 3.62. The first kappa shape index (κ1) is 20.5. The molecular formula is C22H18ClN5O3S. The van der Waals surface area contributed by atoms with Crippen LogP contribution < -0.4 is 20.9 Å². The van der Waals surface area contributed by atoms with Crippen molar-refractivity contribution in [3.63, 3.8) is 0 Å². The van der Waals surface area contributed by atoms with Gasteiger partial charge in [0.2, 0.25) is 11.0 Å². The third kappa shape index (κ3) is 3.92. The summed E-state index contributed by atoms with van der Waals surface area (Å²) in [6.07, 6.45) is 4.99. The number of carbonyl (C=O) groups is 1. The molecule has 2 N–H and O–H groups in total. The number of benzene rings is 1. The van der Waals surface area contributed by atoms with Gasteiger partial charge < -0.3 is 9.32 Å². The number of H-pyrrole nitrogens is 1. The topological polar surface area (TPSA) is 108 Å². The van der Waals surface area contributed by atoms with Gasteiger partial charge in [0, 0.05) is 29.8 Å². The fraction of sp³-hybridized carbons (Fsp3) is 0.182. The second-order valence-corrected chi connectivity index (χ2v) is 8.85. The number of furan rings is 1. The van der Waals surface area contributed by atoms with Crippen molar-refractivity contribution in [1.82, 2.24) is 19.7 Å². The predicted molar refractivity (Wildman–Crippen MR) is 121 cm³/mol. The van der Waals surface area contributed by atoms with E-state index in [1.54, 1.807) is 29.2 Å². The Bertz CT molecular complexity index is 1520. The van der Waals surface area contributed by atoms with Gasteiger partial charge in [0.25, 0.3) is 5.56 Å². The van der Waals surface area contributed by atoms with Crippen molar-refractivity contribution >= 4 is 41.0 Å². The van der Waals surface area contributed by atoms with Gasteiger partial charge in [-0.1, -0.05) is 35.1 Å². The van der Waals surface area contributed by atoms with Gasteiger partial charge in [0.15, 0.2) is 5.49 Å². The summed E-state index contributed by atoms with van der Waals surface area (Å²) in [5, 5.41) is 12.5. The molecular weight excluding hydrogens is 450 g/mol. The van der Waals surface area contributed by atoms with E-state index < -0.39 is 5.56 Å². The number of halogens is 1. The lowest BCUT2D eigenvalue weighted by Gasteiger charge is -2.10. The van der Waals surface area contributed by atoms with Gasteiger partial charge in [0.1, 0.15) is 16.2 Å². The number of nitrogens with zero attached hydrogens (tertiary/aromatic N) is 3. The highest BCUT2D eigenvalue weighted by molar-refractivity contribution is 7.11. The highest BCUT2D eigenvalue weighted by Crippen LogP contribution is 2.24. The Hall–Kier alpha value is -3.43. The van der Waals surface area contributed by atoms with Crippen LogP contribution in [0.1, 0.15) is 18.6 Å². The molecule has 0 radical (unpaired) electrons. The molecule has 0 spiro atoms. The lowest BCUT2D eigenvalue weighted by Crippen LogP contribution is -2.47. The van der Waals surface area contributed by atoms with Crippen LogP contribution in [-0.4, -0.2) is 38.7 Å². The number of hydrogen-bond donors (Lipinski definition) is 2. The molecule has 32 heavy (non-hydrogen) atoms. The van der Waals surface area contributed by atoms with Gasteiger partial charge in [-0.05, 0) is 43.2 Å². The van der Waals surface area contributed by atoms with E-state index >= 15 is 0 Å². The Labute approximate surface area is 190 Å². The van der Waals surface area contributed by atoms with Crippen LogP contribution in [0.15, 0.2) is 45.6 Å². The monoisotopic (exact) mass is 467 g/mol. The number of hydrogen-bond acceptors (Lipinski definition) is 6. The largest absolute Gasteiger partial charge is 0.457 e. The third-order valence-corrected chi connectivity index (χ3v) is 6.34. The van der Waals surface area contributed by atoms with Gasteiger partial charge in [0.05, 0.1) is 5.22 Å². The minimum atomic E-state index is -0.539. The zero-order valence-electron chi connectivity index (χ0n) is 16.8. The molecule has 4 heterocycles. The summed E-state index contributed by atoms with van der Waals surface area (Å²) in [4.78, 5) is 30.8. The van der Waals surface area contributed by atoms with Gasteiger partial charge in [-0.25, -0.2) is 4.68 Å². The van der Waals surface area contributed by atoms with Crippen LogP contribution in [0.5, 0.6) is 0 Å². The van der Waals surface area contributed by atoms with E-state index in [4.69, 9.17) is 21.4 Å². The van der Waals surface area contributed by atoms with Crippen LogP contribution in [0.3, 0.4) is 0 Å². The van der Waals surface area contributed by atoms with E-state index in [9.17, 15) is 9.59 Å². The van der Waals surface area contributed by atoms with Gasteiger partial charge in [-0.2, -0.15) is 4.98 Å². The molecule has 0 aliphatic carbocycles. The minimum Gasteiger partial charge on any atom is -0.457 e. The van der Waals surface area contributed by atoms with Crippen molar-refractivity contribution in [2.24, 2.45) is 0 Å². The molecule has 1 aromatic heterocycles. The second kappa shape index (κ2) is 8.25. The number of rotatable bonds is 3. The van der Waals surface area contributed by atoms with E-state index in [1.165, 1.54) is 16.8 Å². The Morgan fingerprint density at radius 3 is 2.84 bits per heavy atom. The number of aromatic amines is 1. The van der Waals surface area contributed by atoms with Crippen LogP contribution in [0.25, 0.3) is 28.6 Å². The summed E-state index contributed by atoms with van der Waals surface area (Å²) in [6.45, 7) is 1.50. The molecule has 8 nitrogen and oxygen atoms in total. The molecule has 0 atom stereocenters. The number of likely N-dealkylation sites (tertiary alicyclic amines) is 1. The average Bonchev–Trinajstić information content (AvgIpc) is 3.52. The summed E-state index contributed by atoms with van der Waals surface area (Å²) < 4.78 is 7.75. The third-order valence-electron chi connectivity index (χ3n) is 5.22. The molecule has 0 unspecified atom stereocenters. The van der Waals surface area contributed by atoms with Crippen LogP contribution in [-0.2, 0) is 4.79 Å². The predicted octanol–water partition coefficient (Wildman–Crippen LogP) is 1.68. The summed E-state index contributed by atoms with van der Waals surface area (Å²) in [7, 11) is 0. The molecule has 162 valence electrons. The smallest absolute Gasteiger partial charge is 0.283 e. The SMILES string of the molecule is N=c1/c(=C/c2ccc(-c3cccc(Cl)c3)o2)c(=O)nc2s/c(=C/C(=O)N3CCCC3)[nH]n1-2. The van der Waals surface area contributed by atoms with Crippen LogP contribution in [0, 0.1) is 5.41 Å².